The zero-order valence-electron chi connectivity index (χ0n) is 17.1. The third-order valence-electron chi connectivity index (χ3n) is 4.92. The van der Waals surface area contributed by atoms with Crippen molar-refractivity contribution in [1.29, 1.82) is 0 Å². The Morgan fingerprint density at radius 1 is 0.875 bits per heavy atom. The van der Waals surface area contributed by atoms with Crippen molar-refractivity contribution < 1.29 is 9.53 Å². The van der Waals surface area contributed by atoms with Gasteiger partial charge in [-0.15, -0.1) is 0 Å². The molecule has 5 nitrogen and oxygen atoms in total. The van der Waals surface area contributed by atoms with Gasteiger partial charge in [0.05, 0.1) is 11.4 Å². The molecule has 0 amide bonds. The summed E-state index contributed by atoms with van der Waals surface area (Å²) in [7, 11) is 0. The number of nitrogens with zero attached hydrogens (tertiary/aromatic N) is 3. The van der Waals surface area contributed by atoms with E-state index in [4.69, 9.17) is 9.72 Å². The van der Waals surface area contributed by atoms with E-state index in [2.05, 4.69) is 4.98 Å². The van der Waals surface area contributed by atoms with E-state index in [1.807, 2.05) is 95.7 Å². The first-order chi connectivity index (χ1) is 15.8. The summed E-state index contributed by atoms with van der Waals surface area (Å²) in [5.74, 6) is 0.239. The number of carbonyl (C=O) groups excluding carboxylic acids is 1. The van der Waals surface area contributed by atoms with Gasteiger partial charge in [-0.3, -0.25) is 14.3 Å². The van der Waals surface area contributed by atoms with Crippen molar-refractivity contribution in [2.75, 3.05) is 5.75 Å². The molecular weight excluding hydrogens is 418 g/mol. The quantitative estimate of drug-likeness (QED) is 0.191. The predicted molar refractivity (Wildman–Crippen MR) is 127 cm³/mol. The number of carbonyl (C=O) groups is 1. The van der Waals surface area contributed by atoms with Crippen molar-refractivity contribution in [3.63, 3.8) is 0 Å². The van der Waals surface area contributed by atoms with Crippen molar-refractivity contribution in [3.05, 3.63) is 103 Å². The molecule has 0 saturated heterocycles. The highest BCUT2D eigenvalue weighted by molar-refractivity contribution is 7.99. The highest BCUT2D eigenvalue weighted by atomic mass is 32.2. The molecule has 0 saturated carbocycles. The SMILES string of the molecule is O=C(CSc1nc(-c2ccccc2)cn1-c1ccccc1)Oc1cccc2cccnc12. The molecule has 0 unspecified atom stereocenters. The van der Waals surface area contributed by atoms with E-state index in [9.17, 15) is 4.79 Å². The maximum absolute atomic E-state index is 12.6. The lowest BCUT2D eigenvalue weighted by atomic mass is 10.2. The summed E-state index contributed by atoms with van der Waals surface area (Å²) in [6, 6.07) is 29.3. The molecule has 0 aliphatic carbocycles. The van der Waals surface area contributed by atoms with Crippen LogP contribution in [0.5, 0.6) is 5.75 Å². The molecule has 0 N–H and O–H groups in total. The zero-order chi connectivity index (χ0) is 21.8. The molecular formula is C26H19N3O2S. The van der Waals surface area contributed by atoms with E-state index in [1.54, 1.807) is 12.3 Å². The molecule has 32 heavy (non-hydrogen) atoms. The van der Waals surface area contributed by atoms with Crippen LogP contribution < -0.4 is 4.74 Å². The number of benzene rings is 3. The second-order valence-electron chi connectivity index (χ2n) is 7.07. The standard InChI is InChI=1S/C26H19N3O2S/c30-24(31-23-15-7-11-20-12-8-16-27-25(20)23)18-32-26-28-22(19-9-3-1-4-10-19)17-29(26)21-13-5-2-6-14-21/h1-17H,18H2. The van der Waals surface area contributed by atoms with Gasteiger partial charge in [-0.25, -0.2) is 4.98 Å². The largest absolute Gasteiger partial charge is 0.424 e. The molecule has 0 atom stereocenters. The third kappa shape index (κ3) is 4.26. The van der Waals surface area contributed by atoms with Crippen molar-refractivity contribution in [3.8, 4) is 22.7 Å². The van der Waals surface area contributed by atoms with E-state index < -0.39 is 0 Å². The van der Waals surface area contributed by atoms with Gasteiger partial charge in [-0.2, -0.15) is 0 Å². The maximum atomic E-state index is 12.6. The Morgan fingerprint density at radius 3 is 2.44 bits per heavy atom. The van der Waals surface area contributed by atoms with Crippen LogP contribution in [-0.2, 0) is 4.79 Å². The number of rotatable bonds is 6. The smallest absolute Gasteiger partial charge is 0.321 e. The van der Waals surface area contributed by atoms with Gasteiger partial charge >= 0.3 is 5.97 Å². The van der Waals surface area contributed by atoms with Gasteiger partial charge in [0.15, 0.2) is 10.9 Å². The molecule has 0 bridgehead atoms. The average Bonchev–Trinajstić information content (AvgIpc) is 3.28. The fourth-order valence-corrected chi connectivity index (χ4v) is 4.19. The van der Waals surface area contributed by atoms with Gasteiger partial charge in [-0.1, -0.05) is 78.5 Å². The van der Waals surface area contributed by atoms with Gasteiger partial charge < -0.3 is 4.74 Å². The first-order valence-corrected chi connectivity index (χ1v) is 11.1. The van der Waals surface area contributed by atoms with Crippen LogP contribution in [0.1, 0.15) is 0 Å². The topological polar surface area (TPSA) is 57.0 Å². The second kappa shape index (κ2) is 9.08. The summed E-state index contributed by atoms with van der Waals surface area (Å²) >= 11 is 1.35. The molecule has 156 valence electrons. The Hall–Kier alpha value is -3.90. The van der Waals surface area contributed by atoms with Gasteiger partial charge in [0.25, 0.3) is 0 Å². The zero-order valence-corrected chi connectivity index (χ0v) is 17.9. The molecule has 3 aromatic carbocycles. The fourth-order valence-electron chi connectivity index (χ4n) is 3.42. The monoisotopic (exact) mass is 437 g/mol. The first-order valence-electron chi connectivity index (χ1n) is 10.2. The number of pyridine rings is 1. The van der Waals surface area contributed by atoms with Gasteiger partial charge in [0.2, 0.25) is 0 Å². The van der Waals surface area contributed by atoms with Crippen LogP contribution in [-0.4, -0.2) is 26.3 Å². The number of imidazole rings is 1. The van der Waals surface area contributed by atoms with E-state index >= 15 is 0 Å². The Bertz CT molecular complexity index is 1360. The van der Waals surface area contributed by atoms with Crippen LogP contribution >= 0.6 is 11.8 Å². The first kappa shape index (κ1) is 20.0. The van der Waals surface area contributed by atoms with Gasteiger partial charge in [-0.05, 0) is 24.3 Å². The number of hydrogen-bond donors (Lipinski definition) is 0. The van der Waals surface area contributed by atoms with E-state index in [-0.39, 0.29) is 11.7 Å². The minimum absolute atomic E-state index is 0.126. The van der Waals surface area contributed by atoms with E-state index in [0.717, 1.165) is 27.5 Å². The molecule has 0 spiro atoms. The minimum Gasteiger partial charge on any atom is -0.424 e. The summed E-state index contributed by atoms with van der Waals surface area (Å²) in [6.07, 6.45) is 3.68. The summed E-state index contributed by atoms with van der Waals surface area (Å²) in [5, 5.41) is 1.65. The number of fused-ring (bicyclic) bond motifs is 1. The lowest BCUT2D eigenvalue weighted by molar-refractivity contribution is -0.131. The number of thioether (sulfide) groups is 1. The number of esters is 1. The number of hydrogen-bond acceptors (Lipinski definition) is 5. The summed E-state index contributed by atoms with van der Waals surface area (Å²) in [6.45, 7) is 0. The summed E-state index contributed by atoms with van der Waals surface area (Å²) < 4.78 is 7.63. The van der Waals surface area contributed by atoms with Gasteiger partial charge in [0.1, 0.15) is 5.52 Å². The van der Waals surface area contributed by atoms with Crippen LogP contribution in [0.15, 0.2) is 109 Å². The molecule has 0 aliphatic rings. The third-order valence-corrected chi connectivity index (χ3v) is 5.84. The lowest BCUT2D eigenvalue weighted by Crippen LogP contribution is -2.11. The van der Waals surface area contributed by atoms with Crippen LogP contribution in [0.4, 0.5) is 0 Å². The number of para-hydroxylation sites is 2. The summed E-state index contributed by atoms with van der Waals surface area (Å²) in [4.78, 5) is 21.8. The second-order valence-corrected chi connectivity index (χ2v) is 8.02. The molecule has 5 rings (SSSR count). The summed E-state index contributed by atoms with van der Waals surface area (Å²) in [5.41, 5.74) is 3.53. The molecule has 2 heterocycles. The van der Waals surface area contributed by atoms with E-state index in [0.29, 0.717) is 11.3 Å². The highest BCUT2D eigenvalue weighted by Gasteiger charge is 2.15. The van der Waals surface area contributed by atoms with Crippen molar-refractivity contribution >= 4 is 28.6 Å². The maximum Gasteiger partial charge on any atom is 0.321 e. The van der Waals surface area contributed by atoms with Crippen LogP contribution in [0, 0.1) is 0 Å². The molecule has 0 aliphatic heterocycles. The lowest BCUT2D eigenvalue weighted by Gasteiger charge is -2.08. The average molecular weight is 438 g/mol. The molecule has 6 heteroatoms. The molecule has 0 radical (unpaired) electrons. The van der Waals surface area contributed by atoms with Crippen molar-refractivity contribution in [2.45, 2.75) is 5.16 Å². The molecule has 0 fully saturated rings. The highest BCUT2D eigenvalue weighted by Crippen LogP contribution is 2.28. The predicted octanol–water partition coefficient (Wildman–Crippen LogP) is 5.79. The Kier molecular flexibility index (Phi) is 5.68. The Labute approximate surface area is 189 Å². The van der Waals surface area contributed by atoms with Crippen LogP contribution in [0.2, 0.25) is 0 Å². The van der Waals surface area contributed by atoms with Crippen molar-refractivity contribution in [1.82, 2.24) is 14.5 Å². The van der Waals surface area contributed by atoms with Crippen LogP contribution in [0.25, 0.3) is 27.8 Å². The number of ether oxygens (including phenoxy) is 1. The normalized spacial score (nSPS) is 10.9. The molecule has 2 aromatic heterocycles. The molecule has 5 aromatic rings. The van der Waals surface area contributed by atoms with Crippen molar-refractivity contribution in [2.24, 2.45) is 0 Å². The Balaban J connectivity index is 1.38. The Morgan fingerprint density at radius 2 is 1.62 bits per heavy atom. The van der Waals surface area contributed by atoms with Gasteiger partial charge in [0, 0.05) is 29.0 Å². The number of aromatic nitrogens is 3. The fraction of sp³-hybridized carbons (Fsp3) is 0.0385. The minimum atomic E-state index is -0.350. The van der Waals surface area contributed by atoms with Crippen LogP contribution in [0.3, 0.4) is 0 Å². The van der Waals surface area contributed by atoms with E-state index in [1.165, 1.54) is 11.8 Å².